The van der Waals surface area contributed by atoms with Crippen LogP contribution in [-0.2, 0) is 17.6 Å². The van der Waals surface area contributed by atoms with Gasteiger partial charge in [0.05, 0.1) is 0 Å². The van der Waals surface area contributed by atoms with E-state index in [0.29, 0.717) is 18.0 Å². The van der Waals surface area contributed by atoms with E-state index in [1.165, 1.54) is 11.1 Å². The van der Waals surface area contributed by atoms with Crippen molar-refractivity contribution in [1.82, 2.24) is 4.90 Å². The molecule has 1 amide bonds. The van der Waals surface area contributed by atoms with Crippen LogP contribution in [0, 0.1) is 5.92 Å². The molecule has 1 aromatic carbocycles. The third-order valence-corrected chi connectivity index (χ3v) is 5.63. The van der Waals surface area contributed by atoms with E-state index in [4.69, 9.17) is 5.73 Å². The number of hydrogen-bond acceptors (Lipinski definition) is 2. The molecule has 3 nitrogen and oxygen atoms in total. The number of carbonyl (C=O) groups excluding carboxylic acids is 1. The Kier molecular flexibility index (Phi) is 4.82. The number of carbonyl (C=O) groups is 1. The third kappa shape index (κ3) is 3.35. The SMILES string of the molecule is CN(C(=O)C1CCc2ccccc2CC1)C1CCC(N)CC1. The molecule has 3 rings (SSSR count). The van der Waals surface area contributed by atoms with Gasteiger partial charge in [-0.05, 0) is 62.5 Å². The highest BCUT2D eigenvalue weighted by Crippen LogP contribution is 2.28. The van der Waals surface area contributed by atoms with E-state index in [1.807, 2.05) is 11.9 Å². The van der Waals surface area contributed by atoms with Gasteiger partial charge in [0.15, 0.2) is 0 Å². The van der Waals surface area contributed by atoms with Crippen LogP contribution in [0.1, 0.15) is 49.7 Å². The standard InChI is InChI=1S/C19H28N2O/c1-21(18-12-10-17(20)11-13-18)19(22)16-8-6-14-4-2-3-5-15(14)7-9-16/h2-5,16-18H,6-13,20H2,1H3. The van der Waals surface area contributed by atoms with Gasteiger partial charge in [-0.2, -0.15) is 0 Å². The monoisotopic (exact) mass is 300 g/mol. The molecule has 1 saturated carbocycles. The molecule has 22 heavy (non-hydrogen) atoms. The molecular weight excluding hydrogens is 272 g/mol. The van der Waals surface area contributed by atoms with E-state index in [1.54, 1.807) is 0 Å². The van der Waals surface area contributed by atoms with Crippen LogP contribution >= 0.6 is 0 Å². The Balaban J connectivity index is 1.61. The minimum Gasteiger partial charge on any atom is -0.343 e. The van der Waals surface area contributed by atoms with Crippen molar-refractivity contribution in [1.29, 1.82) is 0 Å². The molecule has 120 valence electrons. The first kappa shape index (κ1) is 15.5. The van der Waals surface area contributed by atoms with Crippen LogP contribution < -0.4 is 5.73 Å². The van der Waals surface area contributed by atoms with Gasteiger partial charge in [0.25, 0.3) is 0 Å². The van der Waals surface area contributed by atoms with Crippen LogP contribution in [0.3, 0.4) is 0 Å². The zero-order valence-corrected chi connectivity index (χ0v) is 13.6. The van der Waals surface area contributed by atoms with Crippen LogP contribution in [0.25, 0.3) is 0 Å². The summed E-state index contributed by atoms with van der Waals surface area (Å²) in [5, 5.41) is 0. The molecule has 0 radical (unpaired) electrons. The Labute approximate surface area is 133 Å². The van der Waals surface area contributed by atoms with Crippen molar-refractivity contribution in [2.45, 2.75) is 63.5 Å². The first-order valence-corrected chi connectivity index (χ1v) is 8.74. The fourth-order valence-electron chi connectivity index (χ4n) is 4.05. The molecule has 1 fully saturated rings. The molecule has 0 aromatic heterocycles. The summed E-state index contributed by atoms with van der Waals surface area (Å²) in [7, 11) is 2.00. The second kappa shape index (κ2) is 6.82. The third-order valence-electron chi connectivity index (χ3n) is 5.63. The molecule has 3 heteroatoms. The van der Waals surface area contributed by atoms with E-state index in [0.717, 1.165) is 51.4 Å². The van der Waals surface area contributed by atoms with Crippen LogP contribution in [-0.4, -0.2) is 29.9 Å². The Hall–Kier alpha value is -1.35. The first-order valence-electron chi connectivity index (χ1n) is 8.74. The number of rotatable bonds is 2. The summed E-state index contributed by atoms with van der Waals surface area (Å²) in [6.07, 6.45) is 8.30. The highest BCUT2D eigenvalue weighted by molar-refractivity contribution is 5.79. The van der Waals surface area contributed by atoms with Crippen molar-refractivity contribution in [2.75, 3.05) is 7.05 Å². The maximum absolute atomic E-state index is 12.9. The average molecular weight is 300 g/mol. The van der Waals surface area contributed by atoms with Crippen LogP contribution in [0.2, 0.25) is 0 Å². The predicted molar refractivity (Wildman–Crippen MR) is 89.6 cm³/mol. The first-order chi connectivity index (χ1) is 10.6. The van der Waals surface area contributed by atoms with Gasteiger partial charge in [-0.3, -0.25) is 4.79 Å². The lowest BCUT2D eigenvalue weighted by Crippen LogP contribution is -2.44. The molecule has 0 bridgehead atoms. The molecule has 0 spiro atoms. The molecule has 0 atom stereocenters. The van der Waals surface area contributed by atoms with E-state index in [9.17, 15) is 4.79 Å². The maximum Gasteiger partial charge on any atom is 0.225 e. The summed E-state index contributed by atoms with van der Waals surface area (Å²) in [5.41, 5.74) is 8.85. The summed E-state index contributed by atoms with van der Waals surface area (Å²) >= 11 is 0. The van der Waals surface area contributed by atoms with Crippen LogP contribution in [0.5, 0.6) is 0 Å². The van der Waals surface area contributed by atoms with E-state index in [2.05, 4.69) is 24.3 Å². The van der Waals surface area contributed by atoms with Gasteiger partial charge < -0.3 is 10.6 Å². The summed E-state index contributed by atoms with van der Waals surface area (Å²) in [6.45, 7) is 0. The Morgan fingerprint density at radius 3 is 2.09 bits per heavy atom. The summed E-state index contributed by atoms with van der Waals surface area (Å²) in [4.78, 5) is 14.9. The zero-order chi connectivity index (χ0) is 15.5. The lowest BCUT2D eigenvalue weighted by molar-refractivity contribution is -0.137. The van der Waals surface area contributed by atoms with Gasteiger partial charge in [-0.1, -0.05) is 24.3 Å². The minimum atomic E-state index is 0.188. The van der Waals surface area contributed by atoms with E-state index in [-0.39, 0.29) is 5.92 Å². The Morgan fingerprint density at radius 2 is 1.55 bits per heavy atom. The van der Waals surface area contributed by atoms with Crippen molar-refractivity contribution in [3.05, 3.63) is 35.4 Å². The van der Waals surface area contributed by atoms with Crippen LogP contribution in [0.4, 0.5) is 0 Å². The second-order valence-corrected chi connectivity index (χ2v) is 7.06. The van der Waals surface area contributed by atoms with Crippen molar-refractivity contribution in [3.8, 4) is 0 Å². The molecule has 0 unspecified atom stereocenters. The van der Waals surface area contributed by atoms with Gasteiger partial charge in [0, 0.05) is 25.0 Å². The topological polar surface area (TPSA) is 46.3 Å². The highest BCUT2D eigenvalue weighted by atomic mass is 16.2. The number of hydrogen-bond donors (Lipinski definition) is 1. The molecular formula is C19H28N2O. The highest BCUT2D eigenvalue weighted by Gasteiger charge is 2.30. The fraction of sp³-hybridized carbons (Fsp3) is 0.632. The fourth-order valence-corrected chi connectivity index (χ4v) is 4.05. The number of benzene rings is 1. The zero-order valence-electron chi connectivity index (χ0n) is 13.6. The van der Waals surface area contributed by atoms with Crippen molar-refractivity contribution in [2.24, 2.45) is 11.7 Å². The number of amides is 1. The van der Waals surface area contributed by atoms with Crippen molar-refractivity contribution >= 4 is 5.91 Å². The molecule has 0 heterocycles. The van der Waals surface area contributed by atoms with E-state index >= 15 is 0 Å². The molecule has 0 saturated heterocycles. The van der Waals surface area contributed by atoms with E-state index < -0.39 is 0 Å². The molecule has 2 N–H and O–H groups in total. The van der Waals surface area contributed by atoms with Gasteiger partial charge >= 0.3 is 0 Å². The van der Waals surface area contributed by atoms with Gasteiger partial charge in [-0.25, -0.2) is 0 Å². The molecule has 1 aromatic rings. The molecule has 2 aliphatic carbocycles. The normalized spacial score (nSPS) is 26.1. The van der Waals surface area contributed by atoms with Crippen molar-refractivity contribution in [3.63, 3.8) is 0 Å². The van der Waals surface area contributed by atoms with Gasteiger partial charge in [0.1, 0.15) is 0 Å². The Bertz CT molecular complexity index is 493. The van der Waals surface area contributed by atoms with Crippen molar-refractivity contribution < 1.29 is 4.79 Å². The number of nitrogens with zero attached hydrogens (tertiary/aromatic N) is 1. The quantitative estimate of drug-likeness (QED) is 0.854. The lowest BCUT2D eigenvalue weighted by Gasteiger charge is -2.35. The van der Waals surface area contributed by atoms with Gasteiger partial charge in [0.2, 0.25) is 5.91 Å². The number of fused-ring (bicyclic) bond motifs is 1. The van der Waals surface area contributed by atoms with Gasteiger partial charge in [-0.15, -0.1) is 0 Å². The molecule has 2 aliphatic rings. The predicted octanol–water partition coefficient (Wildman–Crippen LogP) is 2.91. The number of aryl methyl sites for hydroxylation is 2. The average Bonchev–Trinajstić information content (AvgIpc) is 2.77. The minimum absolute atomic E-state index is 0.188. The largest absolute Gasteiger partial charge is 0.343 e. The maximum atomic E-state index is 12.9. The smallest absolute Gasteiger partial charge is 0.225 e. The second-order valence-electron chi connectivity index (χ2n) is 7.06. The van der Waals surface area contributed by atoms with Crippen LogP contribution in [0.15, 0.2) is 24.3 Å². The lowest BCUT2D eigenvalue weighted by atomic mass is 9.89. The Morgan fingerprint density at radius 1 is 1.00 bits per heavy atom. The number of nitrogens with two attached hydrogens (primary N) is 1. The molecule has 0 aliphatic heterocycles. The summed E-state index contributed by atoms with van der Waals surface area (Å²) < 4.78 is 0. The summed E-state index contributed by atoms with van der Waals surface area (Å²) in [5.74, 6) is 0.543. The summed E-state index contributed by atoms with van der Waals surface area (Å²) in [6, 6.07) is 9.39.